The molecule has 2 aliphatic heterocycles. The van der Waals surface area contributed by atoms with Crippen molar-refractivity contribution < 1.29 is 19.4 Å². The Morgan fingerprint density at radius 1 is 0.960 bits per heavy atom. The van der Waals surface area contributed by atoms with Crippen molar-refractivity contribution in [3.8, 4) is 17.0 Å². The van der Waals surface area contributed by atoms with Crippen molar-refractivity contribution in [3.05, 3.63) is 118 Å². The van der Waals surface area contributed by atoms with Crippen molar-refractivity contribution in [2.24, 2.45) is 14.1 Å². The van der Waals surface area contributed by atoms with Gasteiger partial charge in [0.25, 0.3) is 11.8 Å². The number of amides is 2. The van der Waals surface area contributed by atoms with E-state index >= 15 is 0 Å². The molecule has 1 fully saturated rings. The Hall–Kier alpha value is -4.61. The number of rotatable bonds is 7. The van der Waals surface area contributed by atoms with Crippen LogP contribution >= 0.6 is 24.0 Å². The van der Waals surface area contributed by atoms with Gasteiger partial charge < -0.3 is 19.3 Å². The highest BCUT2D eigenvalue weighted by Gasteiger charge is 2.34. The highest BCUT2D eigenvalue weighted by Crippen LogP contribution is 2.36. The molecule has 2 aromatic heterocycles. The maximum absolute atomic E-state index is 14.7. The van der Waals surface area contributed by atoms with Crippen LogP contribution in [0.1, 0.15) is 37.5 Å². The lowest BCUT2D eigenvalue weighted by atomic mass is 9.92. The van der Waals surface area contributed by atoms with E-state index in [1.54, 1.807) is 65.4 Å². The Morgan fingerprint density at radius 2 is 1.68 bits per heavy atom. The zero-order valence-corrected chi connectivity index (χ0v) is 29.8. The Kier molecular flexibility index (Phi) is 10.4. The summed E-state index contributed by atoms with van der Waals surface area (Å²) in [6.07, 6.45) is 4.16. The summed E-state index contributed by atoms with van der Waals surface area (Å²) in [4.78, 5) is 35.1. The lowest BCUT2D eigenvalue weighted by Gasteiger charge is -2.40. The minimum absolute atomic E-state index is 0. The number of carbonyl (C=O) groups is 2. The number of fused-ring (bicyclic) bond motifs is 1. The van der Waals surface area contributed by atoms with E-state index in [1.165, 1.54) is 5.56 Å². The summed E-state index contributed by atoms with van der Waals surface area (Å²) in [6.45, 7) is 6.22. The van der Waals surface area contributed by atoms with Crippen LogP contribution in [0.2, 0.25) is 5.02 Å². The van der Waals surface area contributed by atoms with E-state index in [1.807, 2.05) is 41.6 Å². The van der Waals surface area contributed by atoms with Gasteiger partial charge in [-0.2, -0.15) is 5.10 Å². The highest BCUT2D eigenvalue weighted by molar-refractivity contribution is 6.31. The fraction of sp³-hybridized carbons (Fsp3) is 0.289. The molecule has 5 aromatic rings. The summed E-state index contributed by atoms with van der Waals surface area (Å²) < 4.78 is 9.17. The second-order valence-electron chi connectivity index (χ2n) is 12.8. The molecule has 0 bridgehead atoms. The number of aryl methyl sites for hydroxylation is 1. The van der Waals surface area contributed by atoms with Crippen molar-refractivity contribution >= 4 is 47.2 Å². The number of ether oxygens (including phenoxy) is 1. The topological polar surface area (TPSA) is 96.1 Å². The summed E-state index contributed by atoms with van der Waals surface area (Å²) >= 11 is 6.61. The van der Waals surface area contributed by atoms with Crippen molar-refractivity contribution in [1.82, 2.24) is 24.1 Å². The molecular weight excluding hydrogens is 675 g/mol. The van der Waals surface area contributed by atoms with E-state index in [9.17, 15) is 14.7 Å². The molecular formula is C38H40Cl2N6O4. The van der Waals surface area contributed by atoms with Crippen molar-refractivity contribution in [2.45, 2.75) is 25.9 Å². The number of halogens is 2. The zero-order valence-electron chi connectivity index (χ0n) is 28.3. The molecule has 260 valence electrons. The molecule has 4 heterocycles. The van der Waals surface area contributed by atoms with Crippen molar-refractivity contribution in [3.63, 3.8) is 0 Å². The fourth-order valence-electron chi connectivity index (χ4n) is 6.94. The third-order valence-electron chi connectivity index (χ3n) is 9.70. The zero-order chi connectivity index (χ0) is 34.2. The van der Waals surface area contributed by atoms with E-state index in [4.69, 9.17) is 16.3 Å². The van der Waals surface area contributed by atoms with Crippen LogP contribution < -0.4 is 4.90 Å². The van der Waals surface area contributed by atoms with E-state index < -0.39 is 0 Å². The van der Waals surface area contributed by atoms with Crippen LogP contribution in [0.15, 0.2) is 85.2 Å². The van der Waals surface area contributed by atoms with Gasteiger partial charge >= 0.3 is 0 Å². The van der Waals surface area contributed by atoms with E-state index in [-0.39, 0.29) is 36.0 Å². The maximum atomic E-state index is 14.7. The minimum atomic E-state index is -0.272. The summed E-state index contributed by atoms with van der Waals surface area (Å²) in [7, 11) is 3.68. The number of hydrogen-bond acceptors (Lipinski definition) is 6. The van der Waals surface area contributed by atoms with Crippen LogP contribution in [-0.2, 0) is 31.8 Å². The molecule has 10 nitrogen and oxygen atoms in total. The first-order valence-electron chi connectivity index (χ1n) is 16.4. The predicted molar refractivity (Wildman–Crippen MR) is 197 cm³/mol. The van der Waals surface area contributed by atoms with Crippen LogP contribution in [-0.4, -0.2) is 80.0 Å². The van der Waals surface area contributed by atoms with Gasteiger partial charge in [0.15, 0.2) is 0 Å². The van der Waals surface area contributed by atoms with Crippen LogP contribution in [0.5, 0.6) is 5.75 Å². The molecule has 7 rings (SSSR count). The first kappa shape index (κ1) is 35.2. The van der Waals surface area contributed by atoms with Gasteiger partial charge in [0, 0.05) is 85.7 Å². The Bertz CT molecular complexity index is 2020. The van der Waals surface area contributed by atoms with Crippen LogP contribution in [0.4, 0.5) is 11.4 Å². The highest BCUT2D eigenvalue weighted by atomic mass is 35.5. The number of phenolic OH excluding ortho intramolecular Hbond substituents is 1. The molecule has 0 spiro atoms. The van der Waals surface area contributed by atoms with Crippen LogP contribution in [0.25, 0.3) is 11.3 Å². The monoisotopic (exact) mass is 714 g/mol. The molecule has 50 heavy (non-hydrogen) atoms. The average Bonchev–Trinajstić information content (AvgIpc) is 3.67. The molecule has 2 amide bonds. The molecule has 1 N–H and O–H groups in total. The van der Waals surface area contributed by atoms with Crippen LogP contribution in [0, 0.1) is 6.92 Å². The predicted octanol–water partition coefficient (Wildman–Crippen LogP) is 6.39. The molecule has 3 aromatic carbocycles. The summed E-state index contributed by atoms with van der Waals surface area (Å²) in [6, 6.07) is 22.0. The van der Waals surface area contributed by atoms with Gasteiger partial charge in [-0.1, -0.05) is 35.9 Å². The molecule has 0 unspecified atom stereocenters. The second-order valence-corrected chi connectivity index (χ2v) is 13.2. The van der Waals surface area contributed by atoms with Gasteiger partial charge in [-0.05, 0) is 73.0 Å². The number of aromatic hydroxyl groups is 1. The second kappa shape index (κ2) is 14.7. The number of nitrogens with zero attached hydrogens (tertiary/aromatic N) is 6. The van der Waals surface area contributed by atoms with E-state index in [2.05, 4.69) is 28.2 Å². The third kappa shape index (κ3) is 6.89. The Morgan fingerprint density at radius 3 is 2.38 bits per heavy atom. The number of morpholine rings is 1. The number of benzene rings is 3. The molecule has 0 radical (unpaired) electrons. The maximum Gasteiger partial charge on any atom is 0.264 e. The van der Waals surface area contributed by atoms with Gasteiger partial charge in [-0.15, -0.1) is 12.4 Å². The third-order valence-corrected chi connectivity index (χ3v) is 9.94. The van der Waals surface area contributed by atoms with Gasteiger partial charge in [0.1, 0.15) is 5.75 Å². The summed E-state index contributed by atoms with van der Waals surface area (Å²) in [5.41, 5.74) is 6.65. The van der Waals surface area contributed by atoms with E-state index in [0.717, 1.165) is 37.3 Å². The number of phenols is 1. The number of hydrogen-bond donors (Lipinski definition) is 1. The summed E-state index contributed by atoms with van der Waals surface area (Å²) in [5, 5.41) is 14.7. The number of carbonyl (C=O) groups excluding carboxylic acids is 2. The smallest absolute Gasteiger partial charge is 0.264 e. The Labute approximate surface area is 302 Å². The van der Waals surface area contributed by atoms with E-state index in [0.29, 0.717) is 58.5 Å². The fourth-order valence-corrected chi connectivity index (χ4v) is 7.12. The normalized spacial score (nSPS) is 16.1. The molecule has 12 heteroatoms. The quantitative estimate of drug-likeness (QED) is 0.210. The molecule has 0 saturated carbocycles. The number of anilines is 2. The molecule has 1 atom stereocenters. The van der Waals surface area contributed by atoms with Gasteiger partial charge in [-0.25, -0.2) is 0 Å². The molecule has 1 saturated heterocycles. The standard InChI is InChI=1S/C38H39ClN6O4.ClH/c1-25-34(38(48)45(31-21-40-41(2)23-31)29-9-11-32(46)12-10-29)20-36(42(25)3)35-19-28(39)8-13-33(35)37(47)44-22-27-7-5-4-6-26(27)18-30(44)24-43-14-16-49-17-15-43;/h4-13,19-21,23,30,46H,14-18,22,24H2,1-3H3;1H/t30-;/m0./s1. The van der Waals surface area contributed by atoms with Gasteiger partial charge in [0.2, 0.25) is 0 Å². The molecule has 2 aliphatic rings. The largest absolute Gasteiger partial charge is 0.508 e. The first-order chi connectivity index (χ1) is 23.7. The Balaban J connectivity index is 0.00000432. The van der Waals surface area contributed by atoms with Crippen molar-refractivity contribution in [2.75, 3.05) is 37.7 Å². The first-order valence-corrected chi connectivity index (χ1v) is 16.8. The minimum Gasteiger partial charge on any atom is -0.508 e. The number of aromatic nitrogens is 3. The SMILES string of the molecule is Cc1c(C(=O)N(c2ccc(O)cc2)c2cnn(C)c2)cc(-c2cc(Cl)ccc2C(=O)N2Cc3ccccc3C[C@H]2CN2CCOCC2)n1C.Cl. The van der Waals surface area contributed by atoms with Crippen LogP contribution in [0.3, 0.4) is 0 Å². The van der Waals surface area contributed by atoms with Gasteiger partial charge in [-0.3, -0.25) is 24.1 Å². The lowest BCUT2D eigenvalue weighted by molar-refractivity contribution is 0.0193. The summed E-state index contributed by atoms with van der Waals surface area (Å²) in [5.74, 6) is -0.249. The lowest BCUT2D eigenvalue weighted by Crippen LogP contribution is -2.52. The van der Waals surface area contributed by atoms with Crippen molar-refractivity contribution in [1.29, 1.82) is 0 Å². The van der Waals surface area contributed by atoms with Gasteiger partial charge in [0.05, 0.1) is 30.7 Å². The molecule has 0 aliphatic carbocycles. The average molecular weight is 716 g/mol.